The molecule has 0 aliphatic rings. The lowest BCUT2D eigenvalue weighted by Gasteiger charge is -2.04. The van der Waals surface area contributed by atoms with Crippen LogP contribution in [0.4, 0.5) is 4.39 Å². The molecule has 3 heteroatoms. The number of hydrogen-bond acceptors (Lipinski definition) is 2. The molecule has 2 rings (SSSR count). The molecule has 0 saturated heterocycles. The average Bonchev–Trinajstić information content (AvgIpc) is 2.29. The van der Waals surface area contributed by atoms with Crippen LogP contribution in [0.2, 0.25) is 0 Å². The summed E-state index contributed by atoms with van der Waals surface area (Å²) in [4.78, 5) is 14.6. The maximum absolute atomic E-state index is 13.0. The van der Waals surface area contributed by atoms with Crippen LogP contribution in [0.5, 0.6) is 0 Å². The molecular weight excluding hydrogens is 205 g/mol. The highest BCUT2D eigenvalue weighted by Crippen LogP contribution is 2.20. The Kier molecular flexibility index (Phi) is 2.77. The van der Waals surface area contributed by atoms with E-state index in [1.54, 1.807) is 25.3 Å². The minimum Gasteiger partial charge on any atom is -0.296 e. The molecule has 0 amide bonds. The minimum atomic E-state index is -0.283. The molecule has 0 saturated carbocycles. The van der Waals surface area contributed by atoms with Gasteiger partial charge in [-0.05, 0) is 36.2 Å². The van der Waals surface area contributed by atoms with Crippen molar-refractivity contribution in [2.45, 2.75) is 6.92 Å². The molecule has 0 bridgehead atoms. The van der Waals surface area contributed by atoms with Crippen molar-refractivity contribution in [3.63, 3.8) is 0 Å². The van der Waals surface area contributed by atoms with Gasteiger partial charge in [0.05, 0.1) is 0 Å². The summed E-state index contributed by atoms with van der Waals surface area (Å²) in [5, 5.41) is 0. The maximum Gasteiger partial charge on any atom is 0.168 e. The predicted octanol–water partition coefficient (Wildman–Crippen LogP) is 3.01. The predicted molar refractivity (Wildman–Crippen MR) is 59.8 cm³/mol. The van der Waals surface area contributed by atoms with Gasteiger partial charge in [-0.3, -0.25) is 9.78 Å². The molecule has 80 valence electrons. The third-order valence-electron chi connectivity index (χ3n) is 2.39. The monoisotopic (exact) mass is 215 g/mol. The van der Waals surface area contributed by atoms with Gasteiger partial charge in [0.15, 0.2) is 6.29 Å². The molecule has 2 aromatic rings. The van der Waals surface area contributed by atoms with Crippen molar-refractivity contribution < 1.29 is 9.18 Å². The molecule has 1 aromatic carbocycles. The van der Waals surface area contributed by atoms with Gasteiger partial charge < -0.3 is 0 Å². The van der Waals surface area contributed by atoms with Gasteiger partial charge in [0.2, 0.25) is 0 Å². The number of aldehydes is 1. The molecule has 0 fully saturated rings. The van der Waals surface area contributed by atoms with E-state index in [2.05, 4.69) is 4.98 Å². The Morgan fingerprint density at radius 3 is 2.69 bits per heavy atom. The van der Waals surface area contributed by atoms with Gasteiger partial charge in [-0.15, -0.1) is 0 Å². The van der Waals surface area contributed by atoms with Crippen LogP contribution in [-0.2, 0) is 0 Å². The molecule has 1 heterocycles. The normalized spacial score (nSPS) is 10.1. The van der Waals surface area contributed by atoms with E-state index in [0.717, 1.165) is 16.7 Å². The molecule has 0 N–H and O–H groups in total. The molecule has 0 atom stereocenters. The van der Waals surface area contributed by atoms with Crippen molar-refractivity contribution in [2.24, 2.45) is 0 Å². The van der Waals surface area contributed by atoms with Crippen molar-refractivity contribution in [3.8, 4) is 11.1 Å². The molecule has 2 nitrogen and oxygen atoms in total. The number of nitrogens with zero attached hydrogens (tertiary/aromatic N) is 1. The van der Waals surface area contributed by atoms with Crippen molar-refractivity contribution in [1.82, 2.24) is 4.98 Å². The Labute approximate surface area is 92.8 Å². The number of carbonyl (C=O) groups excluding carboxylic acids is 1. The van der Waals surface area contributed by atoms with Crippen molar-refractivity contribution in [3.05, 3.63) is 53.6 Å². The van der Waals surface area contributed by atoms with E-state index < -0.39 is 0 Å². The van der Waals surface area contributed by atoms with E-state index in [1.165, 1.54) is 12.1 Å². The number of hydrogen-bond donors (Lipinski definition) is 0. The molecule has 1 aromatic heterocycles. The summed E-state index contributed by atoms with van der Waals surface area (Å²) in [7, 11) is 0. The van der Waals surface area contributed by atoms with Gasteiger partial charge in [-0.25, -0.2) is 4.39 Å². The first kappa shape index (κ1) is 10.5. The van der Waals surface area contributed by atoms with E-state index >= 15 is 0 Å². The Morgan fingerprint density at radius 1 is 1.25 bits per heavy atom. The van der Waals surface area contributed by atoms with E-state index in [1.807, 2.05) is 6.07 Å². The molecule has 0 spiro atoms. The smallest absolute Gasteiger partial charge is 0.168 e. The minimum absolute atomic E-state index is 0.283. The van der Waals surface area contributed by atoms with E-state index in [9.17, 15) is 9.18 Å². The highest BCUT2D eigenvalue weighted by molar-refractivity contribution is 5.76. The number of pyridine rings is 1. The molecular formula is C13H10FNO. The van der Waals surface area contributed by atoms with Gasteiger partial charge in [-0.2, -0.15) is 0 Å². The summed E-state index contributed by atoms with van der Waals surface area (Å²) in [5.74, 6) is -0.283. The topological polar surface area (TPSA) is 30.0 Å². The number of benzene rings is 1. The van der Waals surface area contributed by atoms with Crippen LogP contribution in [0, 0.1) is 12.7 Å². The largest absolute Gasteiger partial charge is 0.296 e. The fourth-order valence-corrected chi connectivity index (χ4v) is 1.53. The molecule has 0 aliphatic carbocycles. The molecule has 0 aliphatic heterocycles. The lowest BCUT2D eigenvalue weighted by atomic mass is 10.1. The Morgan fingerprint density at radius 2 is 2.06 bits per heavy atom. The van der Waals surface area contributed by atoms with Crippen LogP contribution >= 0.6 is 0 Å². The summed E-state index contributed by atoms with van der Waals surface area (Å²) >= 11 is 0. The number of carbonyl (C=O) groups is 1. The molecule has 0 radical (unpaired) electrons. The standard InChI is InChI=1S/C13H10FNO/c1-9-5-11(7-15-13(9)8-16)10-3-2-4-12(14)6-10/h2-8H,1H3. The van der Waals surface area contributed by atoms with Crippen LogP contribution in [0.25, 0.3) is 11.1 Å². The maximum atomic E-state index is 13.0. The highest BCUT2D eigenvalue weighted by atomic mass is 19.1. The summed E-state index contributed by atoms with van der Waals surface area (Å²) < 4.78 is 13.0. The van der Waals surface area contributed by atoms with Gasteiger partial charge in [0.25, 0.3) is 0 Å². The lowest BCUT2D eigenvalue weighted by Crippen LogP contribution is -1.92. The zero-order valence-electron chi connectivity index (χ0n) is 8.77. The van der Waals surface area contributed by atoms with Crippen molar-refractivity contribution in [1.29, 1.82) is 0 Å². The first-order valence-corrected chi connectivity index (χ1v) is 4.88. The van der Waals surface area contributed by atoms with E-state index in [4.69, 9.17) is 0 Å². The lowest BCUT2D eigenvalue weighted by molar-refractivity contribution is 0.111. The zero-order valence-corrected chi connectivity index (χ0v) is 8.77. The zero-order chi connectivity index (χ0) is 11.5. The summed E-state index contributed by atoms with van der Waals surface area (Å²) in [6, 6.07) is 8.11. The third-order valence-corrected chi connectivity index (χ3v) is 2.39. The fraction of sp³-hybridized carbons (Fsp3) is 0.0769. The van der Waals surface area contributed by atoms with Gasteiger partial charge in [0, 0.05) is 11.8 Å². The number of aromatic nitrogens is 1. The van der Waals surface area contributed by atoms with Crippen molar-refractivity contribution in [2.75, 3.05) is 0 Å². The number of halogens is 1. The second-order valence-electron chi connectivity index (χ2n) is 3.55. The first-order valence-electron chi connectivity index (χ1n) is 4.88. The fourth-order valence-electron chi connectivity index (χ4n) is 1.53. The van der Waals surface area contributed by atoms with Crippen LogP contribution in [0.3, 0.4) is 0 Å². The Bertz CT molecular complexity index is 537. The SMILES string of the molecule is Cc1cc(-c2cccc(F)c2)cnc1C=O. The summed E-state index contributed by atoms with van der Waals surface area (Å²) in [6.45, 7) is 1.81. The van der Waals surface area contributed by atoms with E-state index in [0.29, 0.717) is 12.0 Å². The van der Waals surface area contributed by atoms with Crippen LogP contribution in [0.15, 0.2) is 36.5 Å². The summed E-state index contributed by atoms with van der Waals surface area (Å²) in [6.07, 6.45) is 2.29. The first-order chi connectivity index (χ1) is 7.70. The number of rotatable bonds is 2. The van der Waals surface area contributed by atoms with Crippen LogP contribution in [0.1, 0.15) is 16.1 Å². The van der Waals surface area contributed by atoms with Crippen LogP contribution in [-0.4, -0.2) is 11.3 Å². The molecule has 0 unspecified atom stereocenters. The number of aryl methyl sites for hydroxylation is 1. The quantitative estimate of drug-likeness (QED) is 0.721. The van der Waals surface area contributed by atoms with Gasteiger partial charge in [0.1, 0.15) is 11.5 Å². The van der Waals surface area contributed by atoms with Gasteiger partial charge >= 0.3 is 0 Å². The Balaban J connectivity index is 2.49. The van der Waals surface area contributed by atoms with Gasteiger partial charge in [-0.1, -0.05) is 12.1 Å². The second-order valence-corrected chi connectivity index (χ2v) is 3.55. The van der Waals surface area contributed by atoms with Crippen molar-refractivity contribution >= 4 is 6.29 Å². The summed E-state index contributed by atoms with van der Waals surface area (Å²) in [5.41, 5.74) is 2.77. The Hall–Kier alpha value is -2.03. The van der Waals surface area contributed by atoms with E-state index in [-0.39, 0.29) is 5.82 Å². The second kappa shape index (κ2) is 4.23. The average molecular weight is 215 g/mol. The third kappa shape index (κ3) is 1.98. The molecule has 16 heavy (non-hydrogen) atoms. The highest BCUT2D eigenvalue weighted by Gasteiger charge is 2.03. The van der Waals surface area contributed by atoms with Crippen LogP contribution < -0.4 is 0 Å².